The van der Waals surface area contributed by atoms with Crippen LogP contribution in [-0.2, 0) is 4.74 Å². The van der Waals surface area contributed by atoms with Gasteiger partial charge in [-0.25, -0.2) is 0 Å². The Morgan fingerprint density at radius 1 is 1.57 bits per heavy atom. The summed E-state index contributed by atoms with van der Waals surface area (Å²) in [6.45, 7) is 6.74. The van der Waals surface area contributed by atoms with Crippen LogP contribution in [0.25, 0.3) is 0 Å². The summed E-state index contributed by atoms with van der Waals surface area (Å²) in [6, 6.07) is 0. The fourth-order valence-corrected chi connectivity index (χ4v) is 1.81. The molecule has 1 aliphatic rings. The van der Waals surface area contributed by atoms with Crippen molar-refractivity contribution in [3.8, 4) is 0 Å². The minimum absolute atomic E-state index is 0.170. The van der Waals surface area contributed by atoms with Crippen LogP contribution in [0.1, 0.15) is 45.4 Å². The Bertz CT molecular complexity index is 171. The highest BCUT2D eigenvalue weighted by Gasteiger charge is 2.16. The molecule has 0 aliphatic carbocycles. The third-order valence-electron chi connectivity index (χ3n) is 2.75. The maximum absolute atomic E-state index is 9.66. The van der Waals surface area contributed by atoms with Crippen molar-refractivity contribution in [2.24, 2.45) is 0 Å². The van der Waals surface area contributed by atoms with Crippen LogP contribution in [0.5, 0.6) is 0 Å². The molecule has 0 amide bonds. The van der Waals surface area contributed by atoms with Crippen molar-refractivity contribution in [1.82, 2.24) is 0 Å². The van der Waals surface area contributed by atoms with E-state index >= 15 is 0 Å². The van der Waals surface area contributed by atoms with Crippen LogP contribution >= 0.6 is 0 Å². The molecule has 14 heavy (non-hydrogen) atoms. The van der Waals surface area contributed by atoms with E-state index in [1.807, 2.05) is 6.92 Å². The Hall–Kier alpha value is -0.340. The van der Waals surface area contributed by atoms with Crippen molar-refractivity contribution in [2.45, 2.75) is 57.7 Å². The van der Waals surface area contributed by atoms with E-state index in [-0.39, 0.29) is 6.10 Å². The van der Waals surface area contributed by atoms with Crippen molar-refractivity contribution in [1.29, 1.82) is 0 Å². The third-order valence-corrected chi connectivity index (χ3v) is 2.75. The van der Waals surface area contributed by atoms with Gasteiger partial charge in [0, 0.05) is 6.61 Å². The van der Waals surface area contributed by atoms with Gasteiger partial charge in [0.2, 0.25) is 0 Å². The van der Waals surface area contributed by atoms with Crippen molar-refractivity contribution in [2.75, 3.05) is 6.61 Å². The lowest BCUT2D eigenvalue weighted by Gasteiger charge is -2.13. The van der Waals surface area contributed by atoms with E-state index in [1.165, 1.54) is 12.8 Å². The Morgan fingerprint density at radius 3 is 2.93 bits per heavy atom. The number of ether oxygens (including phenoxy) is 1. The topological polar surface area (TPSA) is 29.5 Å². The molecule has 0 bridgehead atoms. The van der Waals surface area contributed by atoms with Crippen molar-refractivity contribution in [3.05, 3.63) is 12.2 Å². The zero-order chi connectivity index (χ0) is 10.4. The fourth-order valence-electron chi connectivity index (χ4n) is 1.81. The molecule has 0 aromatic heterocycles. The average Bonchev–Trinajstić information content (AvgIpc) is 2.63. The molecule has 0 aromatic rings. The van der Waals surface area contributed by atoms with Crippen LogP contribution in [0.4, 0.5) is 0 Å². The summed E-state index contributed by atoms with van der Waals surface area (Å²) < 4.78 is 5.50. The molecule has 1 fully saturated rings. The van der Waals surface area contributed by atoms with E-state index < -0.39 is 0 Å². The summed E-state index contributed by atoms with van der Waals surface area (Å²) in [7, 11) is 0. The maximum atomic E-state index is 9.66. The van der Waals surface area contributed by atoms with E-state index in [0.717, 1.165) is 37.9 Å². The van der Waals surface area contributed by atoms with Gasteiger partial charge in [0.15, 0.2) is 0 Å². The molecule has 0 aromatic carbocycles. The number of hydrogen-bond donors (Lipinski definition) is 1. The van der Waals surface area contributed by atoms with Gasteiger partial charge in [-0.3, -0.25) is 0 Å². The first kappa shape index (κ1) is 11.7. The Morgan fingerprint density at radius 2 is 2.36 bits per heavy atom. The first-order valence-electron chi connectivity index (χ1n) is 5.62. The monoisotopic (exact) mass is 198 g/mol. The summed E-state index contributed by atoms with van der Waals surface area (Å²) in [5.41, 5.74) is 1.15. The van der Waals surface area contributed by atoms with Gasteiger partial charge in [-0.1, -0.05) is 5.57 Å². The van der Waals surface area contributed by atoms with E-state index in [2.05, 4.69) is 6.58 Å². The molecule has 0 radical (unpaired) electrons. The molecule has 2 atom stereocenters. The molecule has 82 valence electrons. The average molecular weight is 198 g/mol. The van der Waals surface area contributed by atoms with Crippen molar-refractivity contribution >= 4 is 0 Å². The van der Waals surface area contributed by atoms with Crippen LogP contribution in [0.2, 0.25) is 0 Å². The second kappa shape index (κ2) is 6.20. The van der Waals surface area contributed by atoms with E-state index in [9.17, 15) is 5.11 Å². The molecule has 1 saturated heterocycles. The summed E-state index contributed by atoms with van der Waals surface area (Å²) in [6.07, 6.45) is 6.27. The van der Waals surface area contributed by atoms with Crippen LogP contribution in [0.15, 0.2) is 12.2 Å². The van der Waals surface area contributed by atoms with Gasteiger partial charge in [0.05, 0.1) is 12.2 Å². The third kappa shape index (κ3) is 4.77. The predicted molar refractivity (Wildman–Crippen MR) is 58.3 cm³/mol. The van der Waals surface area contributed by atoms with Crippen molar-refractivity contribution in [3.63, 3.8) is 0 Å². The number of allylic oxidation sites excluding steroid dienone is 1. The van der Waals surface area contributed by atoms with Gasteiger partial charge >= 0.3 is 0 Å². The van der Waals surface area contributed by atoms with Crippen LogP contribution < -0.4 is 0 Å². The smallest absolute Gasteiger partial charge is 0.0577 e. The van der Waals surface area contributed by atoms with Gasteiger partial charge in [-0.05, 0) is 45.4 Å². The number of rotatable bonds is 6. The lowest BCUT2D eigenvalue weighted by molar-refractivity contribution is 0.0791. The van der Waals surface area contributed by atoms with Crippen molar-refractivity contribution < 1.29 is 9.84 Å². The van der Waals surface area contributed by atoms with Gasteiger partial charge < -0.3 is 9.84 Å². The minimum atomic E-state index is -0.170. The highest BCUT2D eigenvalue weighted by atomic mass is 16.5. The van der Waals surface area contributed by atoms with Crippen LogP contribution in [0, 0.1) is 0 Å². The fraction of sp³-hybridized carbons (Fsp3) is 0.833. The summed E-state index contributed by atoms with van der Waals surface area (Å²) in [4.78, 5) is 0. The summed E-state index contributed by atoms with van der Waals surface area (Å²) in [5.74, 6) is 0. The largest absolute Gasteiger partial charge is 0.393 e. The standard InChI is InChI=1S/C12H22O2/c1-10(2)5-6-11(13)7-8-12-4-3-9-14-12/h11-13H,1,3-9H2,2H3. The van der Waals surface area contributed by atoms with Crippen LogP contribution in [0.3, 0.4) is 0 Å². The van der Waals surface area contributed by atoms with E-state index in [1.54, 1.807) is 0 Å². The number of aliphatic hydroxyl groups is 1. The molecule has 2 unspecified atom stereocenters. The zero-order valence-electron chi connectivity index (χ0n) is 9.17. The second-order valence-electron chi connectivity index (χ2n) is 4.36. The molecular formula is C12H22O2. The first-order chi connectivity index (χ1) is 6.68. The maximum Gasteiger partial charge on any atom is 0.0577 e. The first-order valence-corrected chi connectivity index (χ1v) is 5.62. The van der Waals surface area contributed by atoms with E-state index in [0.29, 0.717) is 6.10 Å². The highest BCUT2D eigenvalue weighted by molar-refractivity contribution is 4.88. The van der Waals surface area contributed by atoms with Gasteiger partial charge in [0.1, 0.15) is 0 Å². The molecule has 1 N–H and O–H groups in total. The Labute approximate surface area is 87.0 Å². The highest BCUT2D eigenvalue weighted by Crippen LogP contribution is 2.19. The number of hydrogen-bond acceptors (Lipinski definition) is 2. The van der Waals surface area contributed by atoms with Gasteiger partial charge in [-0.2, -0.15) is 0 Å². The lowest BCUT2D eigenvalue weighted by atomic mass is 10.0. The Balaban J connectivity index is 2.02. The number of aliphatic hydroxyl groups excluding tert-OH is 1. The van der Waals surface area contributed by atoms with Crippen LogP contribution in [-0.4, -0.2) is 23.9 Å². The molecular weight excluding hydrogens is 176 g/mol. The van der Waals surface area contributed by atoms with Gasteiger partial charge in [0.25, 0.3) is 0 Å². The SMILES string of the molecule is C=C(C)CCC(O)CCC1CCCO1. The molecule has 1 aliphatic heterocycles. The second-order valence-corrected chi connectivity index (χ2v) is 4.36. The molecule has 1 heterocycles. The summed E-state index contributed by atoms with van der Waals surface area (Å²) in [5, 5.41) is 9.66. The summed E-state index contributed by atoms with van der Waals surface area (Å²) >= 11 is 0. The zero-order valence-corrected chi connectivity index (χ0v) is 9.17. The predicted octanol–water partition coefficient (Wildman–Crippen LogP) is 2.66. The van der Waals surface area contributed by atoms with Gasteiger partial charge in [-0.15, -0.1) is 6.58 Å². The quantitative estimate of drug-likeness (QED) is 0.665. The molecule has 0 spiro atoms. The minimum Gasteiger partial charge on any atom is -0.393 e. The lowest BCUT2D eigenvalue weighted by Crippen LogP contribution is -2.12. The molecule has 2 nitrogen and oxygen atoms in total. The van der Waals surface area contributed by atoms with E-state index in [4.69, 9.17) is 4.74 Å². The normalized spacial score (nSPS) is 23.7. The molecule has 0 saturated carbocycles. The Kier molecular flexibility index (Phi) is 5.20. The molecule has 1 rings (SSSR count). The molecule has 2 heteroatoms.